The van der Waals surface area contributed by atoms with E-state index in [9.17, 15) is 13.6 Å². The van der Waals surface area contributed by atoms with Gasteiger partial charge in [-0.1, -0.05) is 23.4 Å². The Labute approximate surface area is 178 Å². The summed E-state index contributed by atoms with van der Waals surface area (Å²) in [5.74, 6) is -1.32. The van der Waals surface area contributed by atoms with Crippen LogP contribution in [0.25, 0.3) is 0 Å². The highest BCUT2D eigenvalue weighted by molar-refractivity contribution is 6.03. The van der Waals surface area contributed by atoms with E-state index in [0.717, 1.165) is 31.0 Å². The number of nitrogens with one attached hydrogen (secondary N) is 1. The normalized spacial score (nSPS) is 16.8. The zero-order chi connectivity index (χ0) is 21.8. The predicted octanol–water partition coefficient (Wildman–Crippen LogP) is 4.59. The number of carbonyl (C=O) groups excluding carboxylic acids is 1. The number of para-hydroxylation sites is 2. The fraction of sp³-hybridized carbons (Fsp3) is 0.304. The lowest BCUT2D eigenvalue weighted by Crippen LogP contribution is -2.34. The van der Waals surface area contributed by atoms with Gasteiger partial charge in [-0.05, 0) is 49.2 Å². The Bertz CT molecular complexity index is 1070. The van der Waals surface area contributed by atoms with Crippen LogP contribution in [0.15, 0.2) is 53.1 Å². The summed E-state index contributed by atoms with van der Waals surface area (Å²) >= 11 is 0. The molecule has 1 aromatic heterocycles. The van der Waals surface area contributed by atoms with E-state index in [1.54, 1.807) is 30.3 Å². The Morgan fingerprint density at radius 3 is 2.87 bits per heavy atom. The van der Waals surface area contributed by atoms with Crippen molar-refractivity contribution < 1.29 is 22.8 Å². The number of benzene rings is 2. The number of halogens is 2. The summed E-state index contributed by atoms with van der Waals surface area (Å²) in [7, 11) is 1.53. The van der Waals surface area contributed by atoms with Crippen molar-refractivity contribution in [1.29, 1.82) is 0 Å². The number of rotatable bonds is 6. The molecule has 4 rings (SSSR count). The van der Waals surface area contributed by atoms with Crippen molar-refractivity contribution in [3.05, 3.63) is 77.2 Å². The van der Waals surface area contributed by atoms with Gasteiger partial charge < -0.3 is 14.6 Å². The van der Waals surface area contributed by atoms with E-state index in [1.165, 1.54) is 13.2 Å². The minimum Gasteiger partial charge on any atom is -0.495 e. The lowest BCUT2D eigenvalue weighted by atomic mass is 9.94. The molecule has 2 heterocycles. The molecule has 1 fully saturated rings. The first-order chi connectivity index (χ1) is 15.0. The molecule has 0 spiro atoms. The average molecular weight is 427 g/mol. The summed E-state index contributed by atoms with van der Waals surface area (Å²) in [4.78, 5) is 14.7. The molecule has 0 bridgehead atoms. The minimum atomic E-state index is -0.846. The van der Waals surface area contributed by atoms with Gasteiger partial charge in [-0.25, -0.2) is 8.78 Å². The van der Waals surface area contributed by atoms with Gasteiger partial charge in [-0.3, -0.25) is 9.69 Å². The molecule has 1 saturated heterocycles. The number of piperidine rings is 1. The third-order valence-corrected chi connectivity index (χ3v) is 5.42. The molecule has 1 aliphatic heterocycles. The van der Waals surface area contributed by atoms with E-state index in [4.69, 9.17) is 9.26 Å². The van der Waals surface area contributed by atoms with Gasteiger partial charge in [0.05, 0.1) is 18.5 Å². The second kappa shape index (κ2) is 9.26. The van der Waals surface area contributed by atoms with Gasteiger partial charge >= 0.3 is 0 Å². The van der Waals surface area contributed by atoms with Crippen molar-refractivity contribution in [3.63, 3.8) is 0 Å². The van der Waals surface area contributed by atoms with Gasteiger partial charge in [-0.2, -0.15) is 0 Å². The lowest BCUT2D eigenvalue weighted by molar-refractivity contribution is 0.0987. The molecule has 0 unspecified atom stereocenters. The quantitative estimate of drug-likeness (QED) is 0.623. The number of amides is 1. The standard InChI is InChI=1S/C23H23F2N3O3/c1-30-21-7-3-2-6-19(21)26-23(29)22-12-20(27-31-22)16-5-4-10-28(14-16)13-15-8-9-17(24)18(25)11-15/h2-3,6-9,11-12,16H,4-5,10,13-14H2,1H3,(H,26,29)/t16-/m1/s1. The summed E-state index contributed by atoms with van der Waals surface area (Å²) < 4.78 is 37.2. The zero-order valence-corrected chi connectivity index (χ0v) is 17.1. The number of methoxy groups -OCH3 is 1. The third kappa shape index (κ3) is 4.91. The van der Waals surface area contributed by atoms with E-state index in [1.807, 2.05) is 6.07 Å². The summed E-state index contributed by atoms with van der Waals surface area (Å²) in [5, 5.41) is 6.88. The smallest absolute Gasteiger partial charge is 0.294 e. The first-order valence-corrected chi connectivity index (χ1v) is 10.1. The molecule has 8 heteroatoms. The van der Waals surface area contributed by atoms with Crippen LogP contribution in [0.2, 0.25) is 0 Å². The predicted molar refractivity (Wildman–Crippen MR) is 111 cm³/mol. The van der Waals surface area contributed by atoms with E-state index in [-0.39, 0.29) is 11.7 Å². The summed E-state index contributed by atoms with van der Waals surface area (Å²) in [6, 6.07) is 12.8. The molecule has 31 heavy (non-hydrogen) atoms. The second-order valence-electron chi connectivity index (χ2n) is 7.59. The Kier molecular flexibility index (Phi) is 6.27. The Morgan fingerprint density at radius 2 is 2.06 bits per heavy atom. The Morgan fingerprint density at radius 1 is 1.23 bits per heavy atom. The zero-order valence-electron chi connectivity index (χ0n) is 17.1. The van der Waals surface area contributed by atoms with Crippen LogP contribution < -0.4 is 10.1 Å². The largest absolute Gasteiger partial charge is 0.495 e. The van der Waals surface area contributed by atoms with Crippen molar-refractivity contribution in [1.82, 2.24) is 10.1 Å². The number of likely N-dealkylation sites (tertiary alicyclic amines) is 1. The van der Waals surface area contributed by atoms with Crippen LogP contribution in [0, 0.1) is 11.6 Å². The van der Waals surface area contributed by atoms with Crippen molar-refractivity contribution in [2.24, 2.45) is 0 Å². The highest BCUT2D eigenvalue weighted by atomic mass is 19.2. The summed E-state index contributed by atoms with van der Waals surface area (Å²) in [6.07, 6.45) is 1.85. The molecule has 3 aromatic rings. The van der Waals surface area contributed by atoms with Gasteiger partial charge in [0.2, 0.25) is 5.76 Å². The van der Waals surface area contributed by atoms with E-state index in [2.05, 4.69) is 15.4 Å². The van der Waals surface area contributed by atoms with Gasteiger partial charge in [0.15, 0.2) is 11.6 Å². The van der Waals surface area contributed by atoms with Gasteiger partial charge in [0.1, 0.15) is 5.75 Å². The number of ether oxygens (including phenoxy) is 1. The number of nitrogens with zero attached hydrogens (tertiary/aromatic N) is 2. The Hall–Kier alpha value is -3.26. The van der Waals surface area contributed by atoms with Crippen LogP contribution >= 0.6 is 0 Å². The monoisotopic (exact) mass is 427 g/mol. The van der Waals surface area contributed by atoms with Crippen LogP contribution in [0.3, 0.4) is 0 Å². The van der Waals surface area contributed by atoms with Crippen molar-refractivity contribution in [2.45, 2.75) is 25.3 Å². The van der Waals surface area contributed by atoms with Gasteiger partial charge in [-0.15, -0.1) is 0 Å². The van der Waals surface area contributed by atoms with Crippen LogP contribution in [0.1, 0.15) is 40.6 Å². The molecule has 2 aromatic carbocycles. The number of anilines is 1. The van der Waals surface area contributed by atoms with Gasteiger partial charge in [0.25, 0.3) is 5.91 Å². The summed E-state index contributed by atoms with van der Waals surface area (Å²) in [6.45, 7) is 2.07. The van der Waals surface area contributed by atoms with Crippen LogP contribution in [0.5, 0.6) is 5.75 Å². The minimum absolute atomic E-state index is 0.0932. The maximum atomic E-state index is 13.5. The summed E-state index contributed by atoms with van der Waals surface area (Å²) in [5.41, 5.74) is 1.97. The number of hydrogen-bond donors (Lipinski definition) is 1. The maximum Gasteiger partial charge on any atom is 0.294 e. The fourth-order valence-electron chi connectivity index (χ4n) is 3.86. The lowest BCUT2D eigenvalue weighted by Gasteiger charge is -2.31. The topological polar surface area (TPSA) is 67.6 Å². The first kappa shape index (κ1) is 21.0. The molecule has 1 atom stereocenters. The first-order valence-electron chi connectivity index (χ1n) is 10.1. The molecule has 6 nitrogen and oxygen atoms in total. The second-order valence-corrected chi connectivity index (χ2v) is 7.59. The molecule has 0 radical (unpaired) electrons. The molecule has 162 valence electrons. The maximum absolute atomic E-state index is 13.5. The van der Waals surface area contributed by atoms with E-state index < -0.39 is 17.5 Å². The number of hydrogen-bond acceptors (Lipinski definition) is 5. The molecule has 1 amide bonds. The average Bonchev–Trinajstić information content (AvgIpc) is 3.27. The fourth-order valence-corrected chi connectivity index (χ4v) is 3.86. The van der Waals surface area contributed by atoms with Crippen LogP contribution in [-0.4, -0.2) is 36.2 Å². The molecular formula is C23H23F2N3O3. The molecule has 0 saturated carbocycles. The molecule has 1 aliphatic rings. The molecule has 0 aliphatic carbocycles. The van der Waals surface area contributed by atoms with Crippen molar-refractivity contribution >= 4 is 11.6 Å². The SMILES string of the molecule is COc1ccccc1NC(=O)c1cc([C@@H]2CCCN(Cc3ccc(F)c(F)c3)C2)no1. The van der Waals surface area contributed by atoms with Crippen molar-refractivity contribution in [2.75, 3.05) is 25.5 Å². The third-order valence-electron chi connectivity index (χ3n) is 5.42. The Balaban J connectivity index is 1.40. The number of carbonyl (C=O) groups is 1. The van der Waals surface area contributed by atoms with Crippen molar-refractivity contribution in [3.8, 4) is 5.75 Å². The van der Waals surface area contributed by atoms with E-state index in [0.29, 0.717) is 30.2 Å². The van der Waals surface area contributed by atoms with Crippen LogP contribution in [-0.2, 0) is 6.54 Å². The van der Waals surface area contributed by atoms with E-state index >= 15 is 0 Å². The number of aromatic nitrogens is 1. The molecule has 1 N–H and O–H groups in total. The highest BCUT2D eigenvalue weighted by Crippen LogP contribution is 2.29. The highest BCUT2D eigenvalue weighted by Gasteiger charge is 2.26. The molecular weight excluding hydrogens is 404 g/mol. The van der Waals surface area contributed by atoms with Gasteiger partial charge in [0, 0.05) is 25.1 Å². The van der Waals surface area contributed by atoms with Crippen LogP contribution in [0.4, 0.5) is 14.5 Å².